The van der Waals surface area contributed by atoms with Crippen LogP contribution in [0.3, 0.4) is 0 Å². The molecule has 9 heteroatoms. The lowest BCUT2D eigenvalue weighted by Gasteiger charge is -2.26. The second-order valence-electron chi connectivity index (χ2n) is 9.96. The summed E-state index contributed by atoms with van der Waals surface area (Å²) >= 11 is 6.30. The minimum Gasteiger partial charge on any atom is -0.344 e. The molecule has 0 amide bonds. The van der Waals surface area contributed by atoms with E-state index >= 15 is 0 Å². The van der Waals surface area contributed by atoms with Gasteiger partial charge in [-0.15, -0.1) is 0 Å². The second kappa shape index (κ2) is 9.33. The highest BCUT2D eigenvalue weighted by Gasteiger charge is 2.24. The van der Waals surface area contributed by atoms with Gasteiger partial charge in [-0.05, 0) is 48.6 Å². The smallest absolute Gasteiger partial charge is 0.344 e. The highest BCUT2D eigenvalue weighted by atomic mass is 35.5. The third kappa shape index (κ3) is 4.64. The average molecular weight is 481 g/mol. The number of fused-ring (bicyclic) bond motifs is 1. The Morgan fingerprint density at radius 1 is 1.21 bits per heavy atom. The van der Waals surface area contributed by atoms with E-state index in [1.165, 1.54) is 25.7 Å². The van der Waals surface area contributed by atoms with Gasteiger partial charge >= 0.3 is 5.76 Å². The Morgan fingerprint density at radius 3 is 2.68 bits per heavy atom. The van der Waals surface area contributed by atoms with Crippen LogP contribution in [0.4, 0.5) is 0 Å². The van der Waals surface area contributed by atoms with Gasteiger partial charge in [0, 0.05) is 30.7 Å². The van der Waals surface area contributed by atoms with Gasteiger partial charge in [0.1, 0.15) is 5.69 Å². The van der Waals surface area contributed by atoms with E-state index in [4.69, 9.17) is 26.1 Å². The number of nitrogens with one attached hydrogen (secondary N) is 1. The molecular formula is C25H29ClN6O2. The van der Waals surface area contributed by atoms with Crippen LogP contribution in [0.25, 0.3) is 33.9 Å². The first-order chi connectivity index (χ1) is 16.4. The summed E-state index contributed by atoms with van der Waals surface area (Å²) in [7, 11) is 0. The Hall–Kier alpha value is -3.00. The van der Waals surface area contributed by atoms with Gasteiger partial charge in [-0.2, -0.15) is 0 Å². The Kier molecular flexibility index (Phi) is 6.25. The van der Waals surface area contributed by atoms with Crippen LogP contribution in [-0.4, -0.2) is 29.7 Å². The van der Waals surface area contributed by atoms with Gasteiger partial charge in [-0.3, -0.25) is 14.5 Å². The van der Waals surface area contributed by atoms with Crippen molar-refractivity contribution in [3.8, 4) is 22.9 Å². The number of aromatic nitrogens is 6. The molecule has 0 atom stereocenters. The minimum absolute atomic E-state index is 0.202. The molecule has 1 aliphatic carbocycles. The quantitative estimate of drug-likeness (QED) is 0.390. The molecule has 1 saturated carbocycles. The third-order valence-corrected chi connectivity index (χ3v) is 6.84. The highest BCUT2D eigenvalue weighted by molar-refractivity contribution is 6.30. The van der Waals surface area contributed by atoms with Crippen molar-refractivity contribution in [2.24, 2.45) is 17.8 Å². The van der Waals surface area contributed by atoms with Crippen LogP contribution < -0.4 is 5.76 Å². The van der Waals surface area contributed by atoms with Crippen molar-refractivity contribution in [1.29, 1.82) is 0 Å². The van der Waals surface area contributed by atoms with E-state index in [1.54, 1.807) is 12.4 Å². The molecule has 1 aliphatic rings. The number of hydrogen-bond donors (Lipinski definition) is 1. The summed E-state index contributed by atoms with van der Waals surface area (Å²) in [4.78, 5) is 28.2. The van der Waals surface area contributed by atoms with E-state index in [2.05, 4.69) is 46.7 Å². The van der Waals surface area contributed by atoms with Gasteiger partial charge in [0.25, 0.3) is 0 Å². The third-order valence-electron chi connectivity index (χ3n) is 6.64. The van der Waals surface area contributed by atoms with Crippen molar-refractivity contribution in [2.75, 3.05) is 0 Å². The Labute approximate surface area is 202 Å². The number of H-pyrrole nitrogens is 1. The van der Waals surface area contributed by atoms with Gasteiger partial charge in [0.05, 0.1) is 16.1 Å². The summed E-state index contributed by atoms with van der Waals surface area (Å²) in [6.07, 6.45) is 11.5. The molecule has 178 valence electrons. The maximum absolute atomic E-state index is 11.6. The normalized spacial score (nSPS) is 18.7. The molecule has 0 radical (unpaired) electrons. The molecule has 1 N–H and O–H groups in total. The molecule has 4 aromatic rings. The molecular weight excluding hydrogens is 452 g/mol. The first kappa shape index (κ1) is 22.8. The number of rotatable bonds is 6. The summed E-state index contributed by atoms with van der Waals surface area (Å²) in [5.41, 5.74) is 4.49. The summed E-state index contributed by atoms with van der Waals surface area (Å²) in [5, 5.41) is 4.36. The maximum atomic E-state index is 11.6. The van der Waals surface area contributed by atoms with Crippen LogP contribution in [0.2, 0.25) is 5.02 Å². The SMILES string of the molecule is CC(C)Cc1cn(C[C@H]2CC[C@H](C)CC2)c2c(-c3cncc(Cl)c3)nc(-c3noc(=O)[nH]3)nc12. The predicted octanol–water partition coefficient (Wildman–Crippen LogP) is 5.51. The molecule has 0 spiro atoms. The minimum atomic E-state index is -0.642. The van der Waals surface area contributed by atoms with E-state index < -0.39 is 5.76 Å². The molecule has 0 unspecified atom stereocenters. The Morgan fingerprint density at radius 2 is 2.00 bits per heavy atom. The van der Waals surface area contributed by atoms with E-state index in [9.17, 15) is 4.79 Å². The number of nitrogens with zero attached hydrogens (tertiary/aromatic N) is 5. The van der Waals surface area contributed by atoms with Crippen molar-refractivity contribution in [3.05, 3.63) is 45.8 Å². The van der Waals surface area contributed by atoms with Gasteiger partial charge in [0.2, 0.25) is 11.6 Å². The van der Waals surface area contributed by atoms with Gasteiger partial charge in [-0.1, -0.05) is 50.4 Å². The fraction of sp³-hybridized carbons (Fsp3) is 0.480. The van der Waals surface area contributed by atoms with Crippen LogP contribution in [0.1, 0.15) is 52.0 Å². The molecule has 4 heterocycles. The molecule has 1 fully saturated rings. The van der Waals surface area contributed by atoms with Crippen molar-refractivity contribution in [3.63, 3.8) is 0 Å². The van der Waals surface area contributed by atoms with Gasteiger partial charge < -0.3 is 4.57 Å². The van der Waals surface area contributed by atoms with Crippen molar-refractivity contribution < 1.29 is 4.52 Å². The van der Waals surface area contributed by atoms with Gasteiger partial charge in [0.15, 0.2) is 0 Å². The van der Waals surface area contributed by atoms with Crippen molar-refractivity contribution >= 4 is 22.6 Å². The zero-order valence-electron chi connectivity index (χ0n) is 19.7. The van der Waals surface area contributed by atoms with Crippen molar-refractivity contribution in [2.45, 2.75) is 59.4 Å². The fourth-order valence-electron chi connectivity index (χ4n) is 4.96. The monoisotopic (exact) mass is 480 g/mol. The molecule has 0 bridgehead atoms. The summed E-state index contributed by atoms with van der Waals surface area (Å²) in [6.45, 7) is 7.66. The maximum Gasteiger partial charge on any atom is 0.439 e. The Balaban J connectivity index is 1.72. The lowest BCUT2D eigenvalue weighted by atomic mass is 9.83. The molecule has 34 heavy (non-hydrogen) atoms. The average Bonchev–Trinajstić information content (AvgIpc) is 3.38. The molecule has 8 nitrogen and oxygen atoms in total. The summed E-state index contributed by atoms with van der Waals surface area (Å²) < 4.78 is 7.04. The number of halogens is 1. The molecule has 0 aromatic carbocycles. The number of hydrogen-bond acceptors (Lipinski definition) is 6. The van der Waals surface area contributed by atoms with E-state index in [1.807, 2.05) is 6.07 Å². The highest BCUT2D eigenvalue weighted by Crippen LogP contribution is 2.35. The molecule has 0 saturated heterocycles. The van der Waals surface area contributed by atoms with E-state index in [-0.39, 0.29) is 5.82 Å². The van der Waals surface area contributed by atoms with E-state index in [0.717, 1.165) is 46.7 Å². The zero-order chi connectivity index (χ0) is 23.8. The predicted molar refractivity (Wildman–Crippen MR) is 132 cm³/mol. The van der Waals surface area contributed by atoms with Gasteiger partial charge in [-0.25, -0.2) is 14.8 Å². The lowest BCUT2D eigenvalue weighted by molar-refractivity contribution is 0.267. The largest absolute Gasteiger partial charge is 0.439 e. The fourth-order valence-corrected chi connectivity index (χ4v) is 5.14. The second-order valence-corrected chi connectivity index (χ2v) is 10.4. The van der Waals surface area contributed by atoms with Crippen LogP contribution in [0.5, 0.6) is 0 Å². The standard InChI is InChI=1S/C25H29ClN6O2/c1-14(2)8-18-13-32(12-16-6-4-15(3)5-7-16)22-20(17-9-19(26)11-27-10-17)28-23(29-21(18)22)24-30-25(33)34-31-24/h9-11,13-16H,4-8,12H2,1-3H3,(H,30,31,33)/t15-,16-. The Bertz CT molecular complexity index is 1360. The van der Waals surface area contributed by atoms with E-state index in [0.29, 0.717) is 22.7 Å². The first-order valence-electron chi connectivity index (χ1n) is 11.9. The zero-order valence-corrected chi connectivity index (χ0v) is 20.5. The summed E-state index contributed by atoms with van der Waals surface area (Å²) in [6, 6.07) is 1.85. The number of pyridine rings is 1. The first-order valence-corrected chi connectivity index (χ1v) is 12.3. The van der Waals surface area contributed by atoms with Crippen LogP contribution in [-0.2, 0) is 13.0 Å². The molecule has 4 aromatic heterocycles. The van der Waals surface area contributed by atoms with Crippen LogP contribution >= 0.6 is 11.6 Å². The molecule has 5 rings (SSSR count). The van der Waals surface area contributed by atoms with Crippen molar-refractivity contribution in [1.82, 2.24) is 29.7 Å². The lowest BCUT2D eigenvalue weighted by Crippen LogP contribution is -2.17. The van der Waals surface area contributed by atoms with Crippen LogP contribution in [0.15, 0.2) is 34.0 Å². The topological polar surface area (TPSA) is 102 Å². The number of aromatic amines is 1. The summed E-state index contributed by atoms with van der Waals surface area (Å²) in [5.74, 6) is 1.75. The molecule has 0 aliphatic heterocycles. The van der Waals surface area contributed by atoms with Crippen LogP contribution in [0, 0.1) is 17.8 Å².